The number of aromatic nitrogens is 3. The third kappa shape index (κ3) is 3.88. The molecule has 1 heterocycles. The van der Waals surface area contributed by atoms with Crippen molar-refractivity contribution in [2.45, 2.75) is 37.3 Å². The molecule has 0 radical (unpaired) electrons. The molecule has 1 atom stereocenters. The number of nitrogens with zero attached hydrogens (tertiary/aromatic N) is 3. The highest BCUT2D eigenvalue weighted by Crippen LogP contribution is 2.44. The van der Waals surface area contributed by atoms with Crippen molar-refractivity contribution in [2.75, 3.05) is 6.61 Å². The van der Waals surface area contributed by atoms with Gasteiger partial charge in [0.15, 0.2) is 5.82 Å². The summed E-state index contributed by atoms with van der Waals surface area (Å²) in [7, 11) is 0. The Morgan fingerprint density at radius 3 is 2.35 bits per heavy atom. The second kappa shape index (κ2) is 7.86. The van der Waals surface area contributed by atoms with Gasteiger partial charge >= 0.3 is 12.1 Å². The van der Waals surface area contributed by atoms with Gasteiger partial charge in [0, 0.05) is 11.8 Å². The minimum absolute atomic E-state index is 0.0146. The molecule has 8 heteroatoms. The SMILES string of the molecule is O=C(NC(Cn1cnc(C2CC2)n1)C(=O)O)OCC1c2ccccc2-c2ccccc21. The van der Waals surface area contributed by atoms with E-state index >= 15 is 0 Å². The van der Waals surface area contributed by atoms with E-state index < -0.39 is 18.1 Å². The first-order chi connectivity index (χ1) is 15.1. The van der Waals surface area contributed by atoms with Gasteiger partial charge in [-0.15, -0.1) is 0 Å². The number of ether oxygens (including phenoxy) is 1. The Kier molecular flexibility index (Phi) is 4.89. The summed E-state index contributed by atoms with van der Waals surface area (Å²) in [5, 5.41) is 16.3. The largest absolute Gasteiger partial charge is 0.480 e. The molecule has 2 aromatic carbocycles. The highest BCUT2D eigenvalue weighted by molar-refractivity contribution is 5.81. The normalized spacial score (nSPS) is 15.7. The van der Waals surface area contributed by atoms with Gasteiger partial charge in [0.05, 0.1) is 6.54 Å². The third-order valence-electron chi connectivity index (χ3n) is 5.80. The Morgan fingerprint density at radius 1 is 1.10 bits per heavy atom. The topological polar surface area (TPSA) is 106 Å². The van der Waals surface area contributed by atoms with E-state index in [2.05, 4.69) is 27.5 Å². The van der Waals surface area contributed by atoms with Crippen LogP contribution in [0.5, 0.6) is 0 Å². The Labute approximate surface area is 178 Å². The van der Waals surface area contributed by atoms with Crippen molar-refractivity contribution in [1.29, 1.82) is 0 Å². The number of aliphatic carboxylic acids is 1. The second-order valence-electron chi connectivity index (χ2n) is 7.96. The van der Waals surface area contributed by atoms with Crippen molar-refractivity contribution in [3.8, 4) is 11.1 Å². The van der Waals surface area contributed by atoms with E-state index in [9.17, 15) is 14.7 Å². The Bertz CT molecular complexity index is 1090. The maximum atomic E-state index is 12.4. The predicted octanol–water partition coefficient (Wildman–Crippen LogP) is 3.15. The van der Waals surface area contributed by atoms with Crippen molar-refractivity contribution in [3.63, 3.8) is 0 Å². The summed E-state index contributed by atoms with van der Waals surface area (Å²) in [6.07, 6.45) is 2.86. The average molecular weight is 418 g/mol. The Morgan fingerprint density at radius 2 is 1.74 bits per heavy atom. The average Bonchev–Trinajstić information content (AvgIpc) is 3.44. The number of rotatable bonds is 7. The molecule has 8 nitrogen and oxygen atoms in total. The summed E-state index contributed by atoms with van der Waals surface area (Å²) in [6.45, 7) is 0.112. The summed E-state index contributed by atoms with van der Waals surface area (Å²) in [5.41, 5.74) is 4.46. The Balaban J connectivity index is 1.24. The minimum atomic E-state index is -1.16. The molecule has 0 aliphatic heterocycles. The first kappa shape index (κ1) is 19.3. The molecule has 0 spiro atoms. The fourth-order valence-electron chi connectivity index (χ4n) is 4.08. The second-order valence-corrected chi connectivity index (χ2v) is 7.96. The van der Waals surface area contributed by atoms with Crippen molar-refractivity contribution in [1.82, 2.24) is 20.1 Å². The van der Waals surface area contributed by atoms with Gasteiger partial charge in [0.25, 0.3) is 0 Å². The molecule has 158 valence electrons. The molecule has 0 saturated heterocycles. The maximum absolute atomic E-state index is 12.4. The number of alkyl carbamates (subject to hydrolysis) is 1. The van der Waals surface area contributed by atoms with Gasteiger partial charge in [-0.3, -0.25) is 0 Å². The first-order valence-electron chi connectivity index (χ1n) is 10.3. The van der Waals surface area contributed by atoms with Crippen LogP contribution in [0.25, 0.3) is 11.1 Å². The number of benzene rings is 2. The lowest BCUT2D eigenvalue weighted by molar-refractivity contribution is -0.139. The maximum Gasteiger partial charge on any atom is 0.407 e. The molecule has 2 N–H and O–H groups in total. The number of carboxylic acids is 1. The molecule has 1 unspecified atom stereocenters. The predicted molar refractivity (Wildman–Crippen MR) is 112 cm³/mol. The van der Waals surface area contributed by atoms with E-state index in [1.807, 2.05) is 36.4 Å². The molecule has 2 aliphatic carbocycles. The van der Waals surface area contributed by atoms with Crippen LogP contribution < -0.4 is 5.32 Å². The van der Waals surface area contributed by atoms with Gasteiger partial charge in [-0.25, -0.2) is 19.3 Å². The number of carbonyl (C=O) groups is 2. The highest BCUT2D eigenvalue weighted by atomic mass is 16.5. The molecule has 2 aliphatic rings. The zero-order valence-electron chi connectivity index (χ0n) is 16.8. The number of carboxylic acid groups (broad SMARTS) is 1. The summed E-state index contributed by atoms with van der Waals surface area (Å²) >= 11 is 0. The summed E-state index contributed by atoms with van der Waals surface area (Å²) in [6, 6.07) is 14.9. The van der Waals surface area contributed by atoms with Crippen LogP contribution in [0.2, 0.25) is 0 Å². The number of nitrogens with one attached hydrogen (secondary N) is 1. The lowest BCUT2D eigenvalue weighted by atomic mass is 9.98. The van der Waals surface area contributed by atoms with Crippen molar-refractivity contribution in [2.24, 2.45) is 0 Å². The fraction of sp³-hybridized carbons (Fsp3) is 0.304. The summed E-state index contributed by atoms with van der Waals surface area (Å²) in [5.74, 6) is -0.139. The number of hydrogen-bond donors (Lipinski definition) is 2. The zero-order chi connectivity index (χ0) is 21.4. The molecule has 1 aromatic heterocycles. The van der Waals surface area contributed by atoms with Gasteiger partial charge in [0.2, 0.25) is 0 Å². The fourth-order valence-corrected chi connectivity index (χ4v) is 4.08. The molecule has 31 heavy (non-hydrogen) atoms. The molecular weight excluding hydrogens is 396 g/mol. The molecule has 5 rings (SSSR count). The smallest absolute Gasteiger partial charge is 0.407 e. The minimum Gasteiger partial charge on any atom is -0.480 e. The zero-order valence-corrected chi connectivity index (χ0v) is 16.8. The lowest BCUT2D eigenvalue weighted by Gasteiger charge is -2.17. The van der Waals surface area contributed by atoms with E-state index in [1.54, 1.807) is 0 Å². The van der Waals surface area contributed by atoms with E-state index in [4.69, 9.17) is 4.74 Å². The van der Waals surface area contributed by atoms with Crippen molar-refractivity contribution in [3.05, 3.63) is 71.8 Å². The van der Waals surface area contributed by atoms with Gasteiger partial charge in [-0.2, -0.15) is 5.10 Å². The number of amides is 1. The standard InChI is InChI=1S/C23H22N4O4/c28-22(29)20(11-27-13-24-21(26-27)14-9-10-14)25-23(30)31-12-19-17-7-3-1-5-15(17)16-6-2-4-8-18(16)19/h1-8,13-14,19-20H,9-12H2,(H,25,30)(H,28,29). The molecule has 0 bridgehead atoms. The molecule has 3 aromatic rings. The third-order valence-corrected chi connectivity index (χ3v) is 5.80. The van der Waals surface area contributed by atoms with E-state index in [-0.39, 0.29) is 19.1 Å². The van der Waals surface area contributed by atoms with Crippen LogP contribution in [0.1, 0.15) is 41.6 Å². The number of fused-ring (bicyclic) bond motifs is 3. The summed E-state index contributed by atoms with van der Waals surface area (Å²) in [4.78, 5) is 28.3. The van der Waals surface area contributed by atoms with E-state index in [0.717, 1.165) is 40.9 Å². The van der Waals surface area contributed by atoms with Crippen LogP contribution in [-0.4, -0.2) is 44.6 Å². The molecule has 1 fully saturated rings. The monoisotopic (exact) mass is 418 g/mol. The van der Waals surface area contributed by atoms with Gasteiger partial charge < -0.3 is 15.2 Å². The molecule has 1 saturated carbocycles. The molecular formula is C23H22N4O4. The summed E-state index contributed by atoms with van der Waals surface area (Å²) < 4.78 is 6.91. The van der Waals surface area contributed by atoms with Crippen LogP contribution in [0.4, 0.5) is 4.79 Å². The van der Waals surface area contributed by atoms with E-state index in [1.165, 1.54) is 11.0 Å². The van der Waals surface area contributed by atoms with Crippen LogP contribution in [0, 0.1) is 0 Å². The van der Waals surface area contributed by atoms with Crippen molar-refractivity contribution >= 4 is 12.1 Å². The quantitative estimate of drug-likeness (QED) is 0.611. The highest BCUT2D eigenvalue weighted by Gasteiger charge is 2.31. The Hall–Kier alpha value is -3.68. The number of carbonyl (C=O) groups excluding carboxylic acids is 1. The van der Waals surface area contributed by atoms with Crippen LogP contribution in [0.3, 0.4) is 0 Å². The van der Waals surface area contributed by atoms with Gasteiger partial charge in [0.1, 0.15) is 19.0 Å². The van der Waals surface area contributed by atoms with Crippen LogP contribution in [0.15, 0.2) is 54.9 Å². The lowest BCUT2D eigenvalue weighted by Crippen LogP contribution is -2.44. The molecule has 1 amide bonds. The first-order valence-corrected chi connectivity index (χ1v) is 10.3. The van der Waals surface area contributed by atoms with E-state index in [0.29, 0.717) is 5.92 Å². The van der Waals surface area contributed by atoms with Crippen LogP contribution in [-0.2, 0) is 16.1 Å². The van der Waals surface area contributed by atoms with Crippen LogP contribution >= 0.6 is 0 Å². The van der Waals surface area contributed by atoms with Gasteiger partial charge in [-0.05, 0) is 35.1 Å². The van der Waals surface area contributed by atoms with Crippen molar-refractivity contribution < 1.29 is 19.4 Å². The number of hydrogen-bond acceptors (Lipinski definition) is 5. The van der Waals surface area contributed by atoms with Gasteiger partial charge in [-0.1, -0.05) is 48.5 Å².